The highest BCUT2D eigenvalue weighted by Crippen LogP contribution is 2.24. The lowest BCUT2D eigenvalue weighted by Gasteiger charge is -2.31. The van der Waals surface area contributed by atoms with Crippen LogP contribution in [-0.2, 0) is 6.54 Å². The smallest absolute Gasteiger partial charge is 0.253 e. The van der Waals surface area contributed by atoms with Crippen molar-refractivity contribution in [3.05, 3.63) is 59.2 Å². The number of nitrogens with zero attached hydrogens (tertiary/aromatic N) is 2. The van der Waals surface area contributed by atoms with Gasteiger partial charge < -0.3 is 15.3 Å². The van der Waals surface area contributed by atoms with E-state index in [-0.39, 0.29) is 24.4 Å². The van der Waals surface area contributed by atoms with Crippen molar-refractivity contribution < 1.29 is 14.3 Å². The highest BCUT2D eigenvalue weighted by Gasteiger charge is 2.19. The lowest BCUT2D eigenvalue weighted by Crippen LogP contribution is -2.36. The van der Waals surface area contributed by atoms with E-state index in [1.807, 2.05) is 11.0 Å². The third kappa shape index (κ3) is 4.14. The van der Waals surface area contributed by atoms with E-state index in [9.17, 15) is 14.3 Å². The molecular weight excluding hydrogens is 321 g/mol. The Labute approximate surface area is 146 Å². The minimum Gasteiger partial charge on any atom is -0.393 e. The number of aromatic nitrogens is 1. The first-order valence-corrected chi connectivity index (χ1v) is 8.46. The van der Waals surface area contributed by atoms with E-state index in [1.54, 1.807) is 31.3 Å². The van der Waals surface area contributed by atoms with Crippen molar-refractivity contribution in [1.29, 1.82) is 0 Å². The summed E-state index contributed by atoms with van der Waals surface area (Å²) in [5, 5.41) is 12.4. The van der Waals surface area contributed by atoms with Crippen molar-refractivity contribution >= 4 is 11.6 Å². The zero-order valence-corrected chi connectivity index (χ0v) is 14.2. The first-order valence-electron chi connectivity index (χ1n) is 8.46. The van der Waals surface area contributed by atoms with Crippen LogP contribution in [0, 0.1) is 12.7 Å². The molecule has 2 aromatic rings. The molecular formula is C19H22FN3O2. The maximum absolute atomic E-state index is 14.4. The van der Waals surface area contributed by atoms with Crippen molar-refractivity contribution in [3.8, 4) is 0 Å². The number of anilines is 1. The second-order valence-electron chi connectivity index (χ2n) is 6.32. The van der Waals surface area contributed by atoms with Crippen LogP contribution in [0.4, 0.5) is 10.1 Å². The number of nitrogens with one attached hydrogen (secondary N) is 1. The number of piperidine rings is 1. The zero-order chi connectivity index (χ0) is 17.8. The fourth-order valence-corrected chi connectivity index (χ4v) is 3.03. The van der Waals surface area contributed by atoms with E-state index in [0.29, 0.717) is 48.4 Å². The minimum atomic E-state index is -0.305. The van der Waals surface area contributed by atoms with Crippen LogP contribution in [0.1, 0.15) is 34.5 Å². The van der Waals surface area contributed by atoms with Crippen LogP contribution in [0.15, 0.2) is 36.5 Å². The third-order valence-corrected chi connectivity index (χ3v) is 4.52. The molecule has 0 radical (unpaired) electrons. The van der Waals surface area contributed by atoms with Crippen LogP contribution < -0.4 is 10.2 Å². The van der Waals surface area contributed by atoms with E-state index in [4.69, 9.17) is 0 Å². The number of aryl methyl sites for hydroxylation is 1. The van der Waals surface area contributed by atoms with Gasteiger partial charge in [0.15, 0.2) is 0 Å². The summed E-state index contributed by atoms with van der Waals surface area (Å²) in [6.07, 6.45) is 2.66. The average Bonchev–Trinajstić information content (AvgIpc) is 2.61. The quantitative estimate of drug-likeness (QED) is 0.895. The van der Waals surface area contributed by atoms with Crippen LogP contribution in [0.5, 0.6) is 0 Å². The SMILES string of the molecule is Cc1ncccc1C(=O)NCc1ccc(N2CCC(O)CC2)c(F)c1. The van der Waals surface area contributed by atoms with Crippen molar-refractivity contribution in [2.45, 2.75) is 32.4 Å². The summed E-state index contributed by atoms with van der Waals surface area (Å²) < 4.78 is 14.4. The number of aliphatic hydroxyl groups excluding tert-OH is 1. The number of amides is 1. The molecule has 0 saturated carbocycles. The Kier molecular flexibility index (Phi) is 5.28. The van der Waals surface area contributed by atoms with Gasteiger partial charge in [-0.2, -0.15) is 0 Å². The van der Waals surface area contributed by atoms with Gasteiger partial charge in [-0.05, 0) is 49.6 Å². The number of carbonyl (C=O) groups is 1. The highest BCUT2D eigenvalue weighted by atomic mass is 19.1. The third-order valence-electron chi connectivity index (χ3n) is 4.52. The maximum Gasteiger partial charge on any atom is 0.253 e. The Morgan fingerprint density at radius 1 is 1.36 bits per heavy atom. The topological polar surface area (TPSA) is 65.5 Å². The van der Waals surface area contributed by atoms with Crippen molar-refractivity contribution in [2.75, 3.05) is 18.0 Å². The highest BCUT2D eigenvalue weighted by molar-refractivity contribution is 5.95. The monoisotopic (exact) mass is 343 g/mol. The Balaban J connectivity index is 1.63. The van der Waals surface area contributed by atoms with Gasteiger partial charge in [-0.25, -0.2) is 4.39 Å². The van der Waals surface area contributed by atoms with Gasteiger partial charge in [-0.3, -0.25) is 9.78 Å². The fourth-order valence-electron chi connectivity index (χ4n) is 3.03. The van der Waals surface area contributed by atoms with Crippen LogP contribution in [0.2, 0.25) is 0 Å². The molecule has 25 heavy (non-hydrogen) atoms. The molecule has 5 nitrogen and oxygen atoms in total. The van der Waals surface area contributed by atoms with E-state index >= 15 is 0 Å². The molecule has 1 aliphatic heterocycles. The Morgan fingerprint density at radius 3 is 2.80 bits per heavy atom. The number of hydrogen-bond acceptors (Lipinski definition) is 4. The van der Waals surface area contributed by atoms with Gasteiger partial charge in [-0.1, -0.05) is 6.07 Å². The van der Waals surface area contributed by atoms with E-state index < -0.39 is 0 Å². The van der Waals surface area contributed by atoms with E-state index in [2.05, 4.69) is 10.3 Å². The summed E-state index contributed by atoms with van der Waals surface area (Å²) in [6.45, 7) is 3.32. The molecule has 3 rings (SSSR count). The molecule has 0 bridgehead atoms. The molecule has 1 saturated heterocycles. The predicted octanol–water partition coefficient (Wildman–Crippen LogP) is 2.42. The molecule has 1 amide bonds. The Bertz CT molecular complexity index is 758. The number of halogens is 1. The lowest BCUT2D eigenvalue weighted by atomic mass is 10.1. The second-order valence-corrected chi connectivity index (χ2v) is 6.32. The van der Waals surface area contributed by atoms with Gasteiger partial charge in [0.05, 0.1) is 17.4 Å². The van der Waals surface area contributed by atoms with Crippen LogP contribution >= 0.6 is 0 Å². The summed E-state index contributed by atoms with van der Waals surface area (Å²) in [6, 6.07) is 8.44. The number of benzene rings is 1. The van der Waals surface area contributed by atoms with Gasteiger partial charge in [-0.15, -0.1) is 0 Å². The molecule has 0 unspecified atom stereocenters. The predicted molar refractivity (Wildman–Crippen MR) is 94.0 cm³/mol. The van der Waals surface area contributed by atoms with Crippen LogP contribution in [-0.4, -0.2) is 35.2 Å². The zero-order valence-electron chi connectivity index (χ0n) is 14.2. The first kappa shape index (κ1) is 17.4. The number of rotatable bonds is 4. The van der Waals surface area contributed by atoms with Gasteiger partial charge in [0.1, 0.15) is 5.82 Å². The molecule has 1 fully saturated rings. The summed E-state index contributed by atoms with van der Waals surface area (Å²) in [5.41, 5.74) is 2.43. The number of hydrogen-bond donors (Lipinski definition) is 2. The molecule has 2 N–H and O–H groups in total. The number of carbonyl (C=O) groups excluding carboxylic acids is 1. The largest absolute Gasteiger partial charge is 0.393 e. The molecule has 1 aromatic heterocycles. The van der Waals surface area contributed by atoms with Gasteiger partial charge in [0.25, 0.3) is 5.91 Å². The summed E-state index contributed by atoms with van der Waals surface area (Å²) in [4.78, 5) is 18.2. The first-order chi connectivity index (χ1) is 12.0. The molecule has 1 aromatic carbocycles. The fraction of sp³-hybridized carbons (Fsp3) is 0.368. The second kappa shape index (κ2) is 7.61. The average molecular weight is 343 g/mol. The molecule has 0 aliphatic carbocycles. The summed E-state index contributed by atoms with van der Waals surface area (Å²) in [5.74, 6) is -0.527. The summed E-state index contributed by atoms with van der Waals surface area (Å²) >= 11 is 0. The van der Waals surface area contributed by atoms with Crippen LogP contribution in [0.3, 0.4) is 0 Å². The maximum atomic E-state index is 14.4. The van der Waals surface area contributed by atoms with Crippen LogP contribution in [0.25, 0.3) is 0 Å². The summed E-state index contributed by atoms with van der Waals surface area (Å²) in [7, 11) is 0. The Morgan fingerprint density at radius 2 is 2.12 bits per heavy atom. The molecule has 132 valence electrons. The molecule has 0 spiro atoms. The van der Waals surface area contributed by atoms with E-state index in [0.717, 1.165) is 0 Å². The number of pyridine rings is 1. The van der Waals surface area contributed by atoms with Crippen molar-refractivity contribution in [2.24, 2.45) is 0 Å². The van der Waals surface area contributed by atoms with E-state index in [1.165, 1.54) is 6.07 Å². The molecule has 1 aliphatic rings. The van der Waals surface area contributed by atoms with Crippen molar-refractivity contribution in [1.82, 2.24) is 10.3 Å². The van der Waals surface area contributed by atoms with Gasteiger partial charge >= 0.3 is 0 Å². The van der Waals surface area contributed by atoms with Gasteiger partial charge in [0.2, 0.25) is 0 Å². The number of aliphatic hydroxyl groups is 1. The Hall–Kier alpha value is -2.47. The van der Waals surface area contributed by atoms with Crippen molar-refractivity contribution in [3.63, 3.8) is 0 Å². The lowest BCUT2D eigenvalue weighted by molar-refractivity contribution is 0.0950. The molecule has 2 heterocycles. The normalized spacial score (nSPS) is 15.2. The standard InChI is InChI=1S/C19H22FN3O2/c1-13-16(3-2-8-21-13)19(25)22-12-14-4-5-18(17(20)11-14)23-9-6-15(24)7-10-23/h2-5,8,11,15,24H,6-7,9-10,12H2,1H3,(H,22,25). The minimum absolute atomic E-state index is 0.222. The van der Waals surface area contributed by atoms with Gasteiger partial charge in [0, 0.05) is 31.5 Å². The molecule has 6 heteroatoms. The molecule has 0 atom stereocenters.